The van der Waals surface area contributed by atoms with Crippen LogP contribution < -0.4 is 5.48 Å². The minimum absolute atomic E-state index is 0.465. The van der Waals surface area contributed by atoms with Crippen LogP contribution in [0.25, 0.3) is 16.5 Å². The first-order valence-corrected chi connectivity index (χ1v) is 7.35. The van der Waals surface area contributed by atoms with E-state index in [0.717, 1.165) is 27.6 Å². The minimum atomic E-state index is -0.482. The predicted molar refractivity (Wildman–Crippen MR) is 89.8 cm³/mol. The van der Waals surface area contributed by atoms with Crippen LogP contribution in [0.4, 0.5) is 0 Å². The van der Waals surface area contributed by atoms with Crippen LogP contribution in [-0.4, -0.2) is 23.2 Å². The fourth-order valence-corrected chi connectivity index (χ4v) is 2.54. The topological polar surface area (TPSA) is 67.0 Å². The quantitative estimate of drug-likeness (QED) is 0.570. The van der Waals surface area contributed by atoms with Crippen molar-refractivity contribution in [1.29, 1.82) is 0 Å². The molecule has 3 aromatic rings. The number of rotatable bonds is 4. The molecule has 5 nitrogen and oxygen atoms in total. The van der Waals surface area contributed by atoms with E-state index < -0.39 is 5.97 Å². The average molecular weight is 328 g/mol. The lowest BCUT2D eigenvalue weighted by atomic mass is 9.96. The second kappa shape index (κ2) is 6.64. The largest absolute Gasteiger partial charge is 0.367 e. The van der Waals surface area contributed by atoms with Crippen LogP contribution in [0.5, 0.6) is 0 Å². The summed E-state index contributed by atoms with van der Waals surface area (Å²) < 4.78 is 0. The molecular weight excluding hydrogens is 314 g/mol. The molecule has 0 saturated carbocycles. The number of hydroxylamine groups is 1. The summed E-state index contributed by atoms with van der Waals surface area (Å²) >= 11 is 6.11. The molecule has 0 radical (unpaired) electrons. The number of benzene rings is 2. The van der Waals surface area contributed by atoms with Gasteiger partial charge >= 0.3 is 5.97 Å². The highest BCUT2D eigenvalue weighted by Gasteiger charge is 2.11. The Kier molecular flexibility index (Phi) is 4.41. The number of nitrogens with one attached hydrogen (secondary N) is 2. The lowest BCUT2D eigenvalue weighted by Crippen LogP contribution is -2.13. The van der Waals surface area contributed by atoms with Crippen LogP contribution in [0.1, 0.15) is 11.1 Å². The van der Waals surface area contributed by atoms with Gasteiger partial charge in [-0.15, -0.1) is 0 Å². The van der Waals surface area contributed by atoms with Crippen molar-refractivity contribution in [2.24, 2.45) is 0 Å². The Morgan fingerprint density at radius 1 is 1.22 bits per heavy atom. The molecule has 0 aliphatic rings. The molecule has 1 heterocycles. The van der Waals surface area contributed by atoms with Crippen LogP contribution >= 0.6 is 11.6 Å². The molecular formula is C17H14ClN3O2. The second-order valence-corrected chi connectivity index (χ2v) is 5.20. The van der Waals surface area contributed by atoms with Crippen molar-refractivity contribution in [2.45, 2.75) is 0 Å². The van der Waals surface area contributed by atoms with Gasteiger partial charge in [0, 0.05) is 18.5 Å². The number of H-pyrrole nitrogens is 1. The van der Waals surface area contributed by atoms with E-state index in [1.54, 1.807) is 0 Å². The number of aromatic nitrogens is 2. The lowest BCUT2D eigenvalue weighted by Gasteiger charge is -2.09. The van der Waals surface area contributed by atoms with E-state index in [2.05, 4.69) is 15.7 Å². The van der Waals surface area contributed by atoms with E-state index in [1.165, 1.54) is 13.1 Å². The monoisotopic (exact) mass is 327 g/mol. The molecule has 0 amide bonds. The highest BCUT2D eigenvalue weighted by molar-refractivity contribution is 6.34. The maximum Gasteiger partial charge on any atom is 0.350 e. The maximum atomic E-state index is 11.9. The van der Waals surface area contributed by atoms with E-state index in [9.17, 15) is 4.79 Å². The van der Waals surface area contributed by atoms with Gasteiger partial charge in [-0.05, 0) is 28.8 Å². The Labute approximate surface area is 137 Å². The summed E-state index contributed by atoms with van der Waals surface area (Å²) in [6, 6.07) is 15.2. The first-order valence-electron chi connectivity index (χ1n) is 6.97. The van der Waals surface area contributed by atoms with E-state index in [1.807, 2.05) is 48.5 Å². The summed E-state index contributed by atoms with van der Waals surface area (Å²) in [4.78, 5) is 16.7. The number of hydrogen-bond acceptors (Lipinski definition) is 4. The minimum Gasteiger partial charge on any atom is -0.367 e. The molecule has 0 spiro atoms. The number of hydrogen-bond donors (Lipinski definition) is 2. The molecule has 0 aliphatic heterocycles. The van der Waals surface area contributed by atoms with Crippen LogP contribution in [-0.2, 0) is 9.63 Å². The summed E-state index contributed by atoms with van der Waals surface area (Å²) in [5.74, 6) is -0.482. The average Bonchev–Trinajstić information content (AvgIpc) is 2.94. The van der Waals surface area contributed by atoms with Crippen molar-refractivity contribution in [3.05, 3.63) is 70.9 Å². The molecule has 6 heteroatoms. The maximum absolute atomic E-state index is 11.9. The van der Waals surface area contributed by atoms with Crippen molar-refractivity contribution in [3.8, 4) is 0 Å². The molecule has 2 N–H and O–H groups in total. The Hall–Kier alpha value is -2.63. The number of nitrogens with zero attached hydrogens (tertiary/aromatic N) is 1. The summed E-state index contributed by atoms with van der Waals surface area (Å²) in [5.41, 5.74) is 5.64. The smallest absolute Gasteiger partial charge is 0.350 e. The van der Waals surface area contributed by atoms with Crippen LogP contribution in [0.15, 0.2) is 54.6 Å². The summed E-state index contributed by atoms with van der Waals surface area (Å²) in [7, 11) is 1.53. The highest BCUT2D eigenvalue weighted by atomic mass is 35.5. The molecule has 0 fully saturated rings. The van der Waals surface area contributed by atoms with Gasteiger partial charge in [-0.1, -0.05) is 48.0 Å². The van der Waals surface area contributed by atoms with E-state index in [-0.39, 0.29) is 0 Å². The van der Waals surface area contributed by atoms with Gasteiger partial charge in [0.1, 0.15) is 5.15 Å². The zero-order valence-electron chi connectivity index (χ0n) is 12.3. The van der Waals surface area contributed by atoms with Crippen molar-refractivity contribution >= 4 is 34.0 Å². The predicted octanol–water partition coefficient (Wildman–Crippen LogP) is 3.33. The third-order valence-electron chi connectivity index (χ3n) is 3.37. The zero-order valence-corrected chi connectivity index (χ0v) is 13.1. The van der Waals surface area contributed by atoms with Gasteiger partial charge in [-0.25, -0.2) is 4.79 Å². The van der Waals surface area contributed by atoms with Crippen molar-refractivity contribution in [3.63, 3.8) is 0 Å². The Bertz CT molecular complexity index is 872. The number of fused-ring (bicyclic) bond motifs is 1. The van der Waals surface area contributed by atoms with Crippen molar-refractivity contribution in [2.75, 3.05) is 7.05 Å². The Morgan fingerprint density at radius 2 is 2.00 bits per heavy atom. The van der Waals surface area contributed by atoms with Gasteiger partial charge in [0.05, 0.1) is 5.52 Å². The Balaban J connectivity index is 2.13. The third-order valence-corrected chi connectivity index (χ3v) is 3.66. The summed E-state index contributed by atoms with van der Waals surface area (Å²) in [5, 5.41) is 8.11. The number of halogens is 1. The third kappa shape index (κ3) is 3.26. The number of carbonyl (C=O) groups excluding carboxylic acids is 1. The fourth-order valence-electron chi connectivity index (χ4n) is 2.35. The lowest BCUT2D eigenvalue weighted by molar-refractivity contribution is -0.143. The van der Waals surface area contributed by atoms with Gasteiger partial charge in [0.2, 0.25) is 0 Å². The first-order chi connectivity index (χ1) is 11.2. The molecule has 0 bridgehead atoms. The van der Waals surface area contributed by atoms with E-state index in [0.29, 0.717) is 5.15 Å². The molecule has 2 aromatic carbocycles. The number of carbonyl (C=O) groups is 1. The summed E-state index contributed by atoms with van der Waals surface area (Å²) in [6.07, 6.45) is 1.45. The van der Waals surface area contributed by atoms with E-state index in [4.69, 9.17) is 16.4 Å². The van der Waals surface area contributed by atoms with E-state index >= 15 is 0 Å². The highest BCUT2D eigenvalue weighted by Crippen LogP contribution is 2.28. The molecule has 23 heavy (non-hydrogen) atoms. The molecule has 1 aromatic heterocycles. The first kappa shape index (κ1) is 15.3. The van der Waals surface area contributed by atoms with Crippen LogP contribution in [0.2, 0.25) is 5.15 Å². The van der Waals surface area contributed by atoms with Gasteiger partial charge in [-0.3, -0.25) is 5.10 Å². The van der Waals surface area contributed by atoms with Crippen molar-refractivity contribution in [1.82, 2.24) is 15.7 Å². The molecule has 0 saturated heterocycles. The van der Waals surface area contributed by atoms with Gasteiger partial charge in [0.15, 0.2) is 0 Å². The molecule has 3 rings (SSSR count). The zero-order chi connectivity index (χ0) is 16.2. The molecule has 0 aliphatic carbocycles. The van der Waals surface area contributed by atoms with Gasteiger partial charge in [-0.2, -0.15) is 10.6 Å². The molecule has 0 atom stereocenters. The van der Waals surface area contributed by atoms with Crippen molar-refractivity contribution < 1.29 is 9.63 Å². The van der Waals surface area contributed by atoms with Crippen LogP contribution in [0.3, 0.4) is 0 Å². The van der Waals surface area contributed by atoms with Gasteiger partial charge in [0.25, 0.3) is 0 Å². The van der Waals surface area contributed by atoms with Gasteiger partial charge < -0.3 is 4.84 Å². The SMILES string of the molecule is CNOC(=O)C=C(c1ccccc1)c1ccc2n[nH]c(Cl)c2c1. The molecule has 116 valence electrons. The standard InChI is InChI=1S/C17H14ClN3O2/c1-19-23-16(22)10-13(11-5-3-2-4-6-11)12-7-8-15-14(9-12)17(18)21-20-15/h2-10,19H,1H3,(H,20,21). The fraction of sp³-hybridized carbons (Fsp3) is 0.0588. The Morgan fingerprint density at radius 3 is 2.74 bits per heavy atom. The second-order valence-electron chi connectivity index (χ2n) is 4.82. The normalized spacial score (nSPS) is 11.7. The van der Waals surface area contributed by atoms with Crippen LogP contribution in [0, 0.1) is 0 Å². The number of aromatic amines is 1. The molecule has 0 unspecified atom stereocenters. The summed E-state index contributed by atoms with van der Waals surface area (Å²) in [6.45, 7) is 0.